The van der Waals surface area contributed by atoms with E-state index in [1.807, 2.05) is 0 Å². The van der Waals surface area contributed by atoms with E-state index in [1.165, 1.54) is 12.5 Å². The molecular weight excluding hydrogens is 390 g/mol. The lowest BCUT2D eigenvalue weighted by Crippen LogP contribution is -2.72. The molecule has 3 N–H and O–H groups in total. The molecule has 26 heavy (non-hydrogen) atoms. The minimum absolute atomic E-state index is 0.105. The standard InChI is InChI=1S/C13H14ClN5O6S/c1-24-12(23)9-8(11(22)18-9)17-10(21)7(19-25-2)5-4-26-13(15-5)16-6(20)3-14/h4,8-9H,3H2,1-2H3,(H,17,21)(H,18,22)(H,15,16,20)/t8-,9-/m1/s1. The van der Waals surface area contributed by atoms with Crippen molar-refractivity contribution in [3.05, 3.63) is 11.1 Å². The molecule has 1 saturated heterocycles. The smallest absolute Gasteiger partial charge is 0.331 e. The Morgan fingerprint density at radius 2 is 2.15 bits per heavy atom. The van der Waals surface area contributed by atoms with Crippen LogP contribution in [-0.2, 0) is 28.8 Å². The first kappa shape index (κ1) is 19.6. The maximum Gasteiger partial charge on any atom is 0.331 e. The number of anilines is 1. The van der Waals surface area contributed by atoms with Gasteiger partial charge in [-0.2, -0.15) is 0 Å². The third-order valence-corrected chi connectivity index (χ3v) is 4.17. The summed E-state index contributed by atoms with van der Waals surface area (Å²) < 4.78 is 4.54. The molecule has 0 aliphatic carbocycles. The molecule has 0 saturated carbocycles. The van der Waals surface area contributed by atoms with Gasteiger partial charge in [-0.3, -0.25) is 14.4 Å². The molecule has 0 radical (unpaired) electrons. The summed E-state index contributed by atoms with van der Waals surface area (Å²) in [5.41, 5.74) is -0.132. The summed E-state index contributed by atoms with van der Waals surface area (Å²) in [6.45, 7) is 0. The number of alkyl halides is 1. The Morgan fingerprint density at radius 3 is 2.73 bits per heavy atom. The van der Waals surface area contributed by atoms with Gasteiger partial charge in [0.2, 0.25) is 11.8 Å². The van der Waals surface area contributed by atoms with Gasteiger partial charge in [-0.1, -0.05) is 5.16 Å². The van der Waals surface area contributed by atoms with E-state index in [9.17, 15) is 19.2 Å². The summed E-state index contributed by atoms with van der Waals surface area (Å²) >= 11 is 6.44. The number of ether oxygens (including phenoxy) is 1. The lowest BCUT2D eigenvalue weighted by Gasteiger charge is -2.34. The molecule has 1 aliphatic heterocycles. The monoisotopic (exact) mass is 403 g/mol. The lowest BCUT2D eigenvalue weighted by molar-refractivity contribution is -0.153. The largest absolute Gasteiger partial charge is 0.467 e. The van der Waals surface area contributed by atoms with E-state index in [0.717, 1.165) is 18.4 Å². The number of oxime groups is 1. The summed E-state index contributed by atoms with van der Waals surface area (Å²) in [4.78, 5) is 55.5. The van der Waals surface area contributed by atoms with Crippen LogP contribution in [0.15, 0.2) is 10.5 Å². The zero-order valence-electron chi connectivity index (χ0n) is 13.6. The number of carbonyl (C=O) groups excluding carboxylic acids is 4. The fraction of sp³-hybridized carbons (Fsp3) is 0.385. The first-order valence-electron chi connectivity index (χ1n) is 7.03. The molecule has 2 atom stereocenters. The van der Waals surface area contributed by atoms with Crippen LogP contribution in [0, 0.1) is 0 Å². The Hall–Kier alpha value is -2.73. The zero-order valence-corrected chi connectivity index (χ0v) is 15.1. The zero-order chi connectivity index (χ0) is 19.3. The highest BCUT2D eigenvalue weighted by Crippen LogP contribution is 2.17. The van der Waals surface area contributed by atoms with E-state index in [2.05, 4.69) is 35.7 Å². The maximum absolute atomic E-state index is 12.4. The topological polar surface area (TPSA) is 148 Å². The number of esters is 1. The van der Waals surface area contributed by atoms with Crippen molar-refractivity contribution in [3.8, 4) is 0 Å². The second kappa shape index (κ2) is 8.58. The van der Waals surface area contributed by atoms with Gasteiger partial charge >= 0.3 is 5.97 Å². The van der Waals surface area contributed by atoms with Crippen LogP contribution in [-0.4, -0.2) is 66.6 Å². The number of carbonyl (C=O) groups is 4. The molecule has 2 rings (SSSR count). The molecule has 140 valence electrons. The van der Waals surface area contributed by atoms with Gasteiger partial charge in [-0.15, -0.1) is 22.9 Å². The maximum atomic E-state index is 12.4. The van der Waals surface area contributed by atoms with E-state index in [-0.39, 0.29) is 22.4 Å². The number of hydrogen-bond acceptors (Lipinski definition) is 9. The quantitative estimate of drug-likeness (QED) is 0.171. The van der Waals surface area contributed by atoms with E-state index >= 15 is 0 Å². The van der Waals surface area contributed by atoms with Crippen LogP contribution in [0.2, 0.25) is 0 Å². The average Bonchev–Trinajstić information content (AvgIpc) is 3.08. The molecule has 11 nitrogen and oxygen atoms in total. The number of amides is 3. The van der Waals surface area contributed by atoms with Crippen LogP contribution in [0.4, 0.5) is 5.13 Å². The molecule has 1 aliphatic rings. The summed E-state index contributed by atoms with van der Waals surface area (Å²) in [5, 5.41) is 12.4. The van der Waals surface area contributed by atoms with Gasteiger partial charge in [-0.25, -0.2) is 9.78 Å². The van der Waals surface area contributed by atoms with Gasteiger partial charge in [0.25, 0.3) is 5.91 Å². The fourth-order valence-corrected chi connectivity index (χ4v) is 2.73. The fourth-order valence-electron chi connectivity index (χ4n) is 1.95. The molecule has 0 bridgehead atoms. The highest BCUT2D eigenvalue weighted by Gasteiger charge is 2.46. The van der Waals surface area contributed by atoms with Crippen LogP contribution in [0.1, 0.15) is 5.69 Å². The highest BCUT2D eigenvalue weighted by atomic mass is 35.5. The van der Waals surface area contributed by atoms with Crippen molar-refractivity contribution < 1.29 is 28.8 Å². The molecule has 13 heteroatoms. The van der Waals surface area contributed by atoms with Crippen molar-refractivity contribution in [2.45, 2.75) is 12.1 Å². The second-order valence-corrected chi connectivity index (χ2v) is 5.93. The van der Waals surface area contributed by atoms with Crippen LogP contribution < -0.4 is 16.0 Å². The Bertz CT molecular complexity index is 766. The average molecular weight is 404 g/mol. The van der Waals surface area contributed by atoms with Crippen LogP contribution in [0.25, 0.3) is 0 Å². The summed E-state index contributed by atoms with van der Waals surface area (Å²) in [5.74, 6) is -2.74. The van der Waals surface area contributed by atoms with Gasteiger partial charge in [0.1, 0.15) is 24.7 Å². The van der Waals surface area contributed by atoms with Gasteiger partial charge in [0.15, 0.2) is 16.9 Å². The lowest BCUT2D eigenvalue weighted by atomic mass is 9.99. The molecule has 1 aromatic heterocycles. The number of rotatable bonds is 7. The third-order valence-electron chi connectivity index (χ3n) is 3.17. The van der Waals surface area contributed by atoms with E-state index in [0.29, 0.717) is 0 Å². The molecule has 3 amide bonds. The first-order valence-corrected chi connectivity index (χ1v) is 8.44. The molecule has 2 heterocycles. The van der Waals surface area contributed by atoms with Gasteiger partial charge in [0.05, 0.1) is 7.11 Å². The van der Waals surface area contributed by atoms with Crippen molar-refractivity contribution >= 4 is 57.5 Å². The van der Waals surface area contributed by atoms with Crippen molar-refractivity contribution in [2.24, 2.45) is 5.16 Å². The molecule has 0 aromatic carbocycles. The number of aromatic nitrogens is 1. The number of hydrogen-bond donors (Lipinski definition) is 3. The van der Waals surface area contributed by atoms with Gasteiger partial charge < -0.3 is 25.5 Å². The predicted octanol–water partition coefficient (Wildman–Crippen LogP) is -1.17. The van der Waals surface area contributed by atoms with Crippen LogP contribution in [0.3, 0.4) is 0 Å². The van der Waals surface area contributed by atoms with E-state index in [1.54, 1.807) is 0 Å². The van der Waals surface area contributed by atoms with Crippen molar-refractivity contribution in [1.29, 1.82) is 0 Å². The van der Waals surface area contributed by atoms with Gasteiger partial charge in [-0.05, 0) is 0 Å². The van der Waals surface area contributed by atoms with Crippen LogP contribution >= 0.6 is 22.9 Å². The summed E-state index contributed by atoms with van der Waals surface area (Å²) in [6, 6.07) is -2.10. The minimum atomic E-state index is -1.11. The summed E-state index contributed by atoms with van der Waals surface area (Å²) in [6.07, 6.45) is 0. The molecule has 1 fully saturated rings. The number of methoxy groups -OCH3 is 1. The van der Waals surface area contributed by atoms with Crippen molar-refractivity contribution in [3.63, 3.8) is 0 Å². The van der Waals surface area contributed by atoms with E-state index in [4.69, 9.17) is 11.6 Å². The predicted molar refractivity (Wildman–Crippen MR) is 90.9 cm³/mol. The number of β-lactam (4-membered cyclic amide) rings is 1. The third kappa shape index (κ3) is 4.26. The van der Waals surface area contributed by atoms with Crippen molar-refractivity contribution in [1.82, 2.24) is 15.6 Å². The SMILES string of the molecule is CON=C(C(=O)N[C@H]1C(=O)N[C@H]1C(=O)OC)c1csc(NC(=O)CCl)n1. The van der Waals surface area contributed by atoms with E-state index < -0.39 is 35.8 Å². The Labute approximate surface area is 156 Å². The molecular formula is C13H14ClN5O6S. The van der Waals surface area contributed by atoms with Crippen LogP contribution in [0.5, 0.6) is 0 Å². The molecule has 1 aromatic rings. The number of halogens is 1. The second-order valence-electron chi connectivity index (χ2n) is 4.80. The number of nitrogens with zero attached hydrogens (tertiary/aromatic N) is 2. The van der Waals surface area contributed by atoms with Gasteiger partial charge in [0, 0.05) is 5.38 Å². The number of thiazole rings is 1. The normalized spacial score (nSPS) is 19.0. The molecule has 0 unspecified atom stereocenters. The Kier molecular flexibility index (Phi) is 6.46. The number of nitrogens with one attached hydrogen (secondary N) is 3. The Balaban J connectivity index is 2.13. The minimum Gasteiger partial charge on any atom is -0.467 e. The first-order chi connectivity index (χ1) is 12.4. The Morgan fingerprint density at radius 1 is 1.42 bits per heavy atom. The molecule has 0 spiro atoms. The summed E-state index contributed by atoms with van der Waals surface area (Å²) in [7, 11) is 2.39. The van der Waals surface area contributed by atoms with Crippen molar-refractivity contribution in [2.75, 3.05) is 25.4 Å². The highest BCUT2D eigenvalue weighted by molar-refractivity contribution is 7.14.